The van der Waals surface area contributed by atoms with Crippen molar-refractivity contribution in [2.75, 3.05) is 0 Å². The SMILES string of the molecule is CCc1ccsc1CNC(=O)c1cc(Br)cn1C(C)C. The van der Waals surface area contributed by atoms with Crippen molar-refractivity contribution in [3.63, 3.8) is 0 Å². The molecule has 2 aromatic rings. The largest absolute Gasteiger partial charge is 0.346 e. The third-order valence-corrected chi connectivity index (χ3v) is 4.63. The molecule has 2 aromatic heterocycles. The fourth-order valence-corrected chi connectivity index (χ4v) is 3.50. The monoisotopic (exact) mass is 354 g/mol. The first-order chi connectivity index (χ1) is 9.52. The lowest BCUT2D eigenvalue weighted by Gasteiger charge is -2.12. The Morgan fingerprint density at radius 3 is 2.90 bits per heavy atom. The van der Waals surface area contributed by atoms with E-state index >= 15 is 0 Å². The summed E-state index contributed by atoms with van der Waals surface area (Å²) in [5.41, 5.74) is 2.01. The van der Waals surface area contributed by atoms with Crippen LogP contribution in [0.5, 0.6) is 0 Å². The lowest BCUT2D eigenvalue weighted by Crippen LogP contribution is -2.25. The molecule has 0 aliphatic heterocycles. The van der Waals surface area contributed by atoms with Crippen molar-refractivity contribution in [2.45, 2.75) is 39.8 Å². The molecular weight excluding hydrogens is 336 g/mol. The highest BCUT2D eigenvalue weighted by Crippen LogP contribution is 2.20. The Morgan fingerprint density at radius 1 is 1.50 bits per heavy atom. The van der Waals surface area contributed by atoms with Gasteiger partial charge in [0.05, 0.1) is 6.54 Å². The van der Waals surface area contributed by atoms with Crippen LogP contribution in [0.15, 0.2) is 28.2 Å². The number of carbonyl (C=O) groups is 1. The highest BCUT2D eigenvalue weighted by Gasteiger charge is 2.15. The molecule has 0 atom stereocenters. The fourth-order valence-electron chi connectivity index (χ4n) is 2.14. The van der Waals surface area contributed by atoms with Gasteiger partial charge in [-0.25, -0.2) is 0 Å². The second-order valence-electron chi connectivity index (χ2n) is 4.95. The summed E-state index contributed by atoms with van der Waals surface area (Å²) in [6.45, 7) is 6.87. The molecule has 0 unspecified atom stereocenters. The molecule has 2 heterocycles. The molecule has 0 aromatic carbocycles. The van der Waals surface area contributed by atoms with E-state index in [1.165, 1.54) is 10.4 Å². The molecule has 1 amide bonds. The average Bonchev–Trinajstić information content (AvgIpc) is 3.01. The van der Waals surface area contributed by atoms with Crippen LogP contribution in [0.25, 0.3) is 0 Å². The van der Waals surface area contributed by atoms with Gasteiger partial charge in [-0.15, -0.1) is 11.3 Å². The molecule has 1 N–H and O–H groups in total. The van der Waals surface area contributed by atoms with Crippen molar-refractivity contribution >= 4 is 33.2 Å². The van der Waals surface area contributed by atoms with E-state index < -0.39 is 0 Å². The molecule has 0 fully saturated rings. The summed E-state index contributed by atoms with van der Waals surface area (Å²) in [5, 5.41) is 5.09. The molecule has 0 aliphatic rings. The van der Waals surface area contributed by atoms with Gasteiger partial charge in [-0.1, -0.05) is 6.92 Å². The van der Waals surface area contributed by atoms with Gasteiger partial charge in [0.25, 0.3) is 5.91 Å². The van der Waals surface area contributed by atoms with E-state index in [4.69, 9.17) is 0 Å². The van der Waals surface area contributed by atoms with Crippen LogP contribution in [-0.2, 0) is 13.0 Å². The van der Waals surface area contributed by atoms with Crippen molar-refractivity contribution < 1.29 is 4.79 Å². The Balaban J connectivity index is 2.09. The molecule has 0 radical (unpaired) electrons. The normalized spacial score (nSPS) is 11.1. The summed E-state index contributed by atoms with van der Waals surface area (Å²) < 4.78 is 2.91. The van der Waals surface area contributed by atoms with Crippen molar-refractivity contribution in [1.82, 2.24) is 9.88 Å². The van der Waals surface area contributed by atoms with Crippen LogP contribution < -0.4 is 5.32 Å². The van der Waals surface area contributed by atoms with Crippen LogP contribution in [-0.4, -0.2) is 10.5 Å². The van der Waals surface area contributed by atoms with Crippen LogP contribution >= 0.6 is 27.3 Å². The van der Waals surface area contributed by atoms with Crippen molar-refractivity contribution in [3.8, 4) is 0 Å². The van der Waals surface area contributed by atoms with Gasteiger partial charge in [0.15, 0.2) is 0 Å². The molecule has 20 heavy (non-hydrogen) atoms. The standard InChI is InChI=1S/C15H19BrN2OS/c1-4-11-5-6-20-14(11)8-17-15(19)13-7-12(16)9-18(13)10(2)3/h5-7,9-10H,4,8H2,1-3H3,(H,17,19). The minimum atomic E-state index is -0.0279. The third-order valence-electron chi connectivity index (χ3n) is 3.23. The van der Waals surface area contributed by atoms with Gasteiger partial charge in [0, 0.05) is 21.6 Å². The van der Waals surface area contributed by atoms with Crippen molar-refractivity contribution in [3.05, 3.63) is 44.3 Å². The zero-order valence-corrected chi connectivity index (χ0v) is 14.3. The van der Waals surface area contributed by atoms with E-state index in [0.717, 1.165) is 10.9 Å². The van der Waals surface area contributed by atoms with Crippen LogP contribution in [0, 0.1) is 0 Å². The molecule has 0 saturated heterocycles. The molecule has 5 heteroatoms. The number of amides is 1. The topological polar surface area (TPSA) is 34.0 Å². The number of aryl methyl sites for hydroxylation is 1. The maximum absolute atomic E-state index is 12.3. The Bertz CT molecular complexity index is 601. The van der Waals surface area contributed by atoms with Gasteiger partial charge in [-0.2, -0.15) is 0 Å². The summed E-state index contributed by atoms with van der Waals surface area (Å²) in [7, 11) is 0. The number of nitrogens with zero attached hydrogens (tertiary/aromatic N) is 1. The predicted octanol–water partition coefficient (Wildman–Crippen LogP) is 4.39. The Morgan fingerprint density at radius 2 is 2.25 bits per heavy atom. The lowest BCUT2D eigenvalue weighted by atomic mass is 10.2. The molecular formula is C15H19BrN2OS. The summed E-state index contributed by atoms with van der Waals surface area (Å²) >= 11 is 5.13. The Labute approximate surface area is 132 Å². The summed E-state index contributed by atoms with van der Waals surface area (Å²) in [6.07, 6.45) is 2.95. The number of hydrogen-bond donors (Lipinski definition) is 1. The van der Waals surface area contributed by atoms with E-state index in [1.54, 1.807) is 11.3 Å². The number of thiophene rings is 1. The second-order valence-corrected chi connectivity index (χ2v) is 6.87. The van der Waals surface area contributed by atoms with Crippen LogP contribution in [0.2, 0.25) is 0 Å². The van der Waals surface area contributed by atoms with Gasteiger partial charge >= 0.3 is 0 Å². The lowest BCUT2D eigenvalue weighted by molar-refractivity contribution is 0.0940. The van der Waals surface area contributed by atoms with Gasteiger partial charge < -0.3 is 9.88 Å². The summed E-state index contributed by atoms with van der Waals surface area (Å²) in [5.74, 6) is -0.0279. The van der Waals surface area contributed by atoms with E-state index in [9.17, 15) is 4.79 Å². The Kier molecular flexibility index (Phi) is 5.05. The third kappa shape index (κ3) is 3.33. The van der Waals surface area contributed by atoms with Crippen LogP contribution in [0.4, 0.5) is 0 Å². The Hall–Kier alpha value is -1.07. The minimum Gasteiger partial charge on any atom is -0.346 e. The summed E-state index contributed by atoms with van der Waals surface area (Å²) in [6, 6.07) is 4.25. The fraction of sp³-hybridized carbons (Fsp3) is 0.400. The molecule has 0 bridgehead atoms. The molecule has 3 nitrogen and oxygen atoms in total. The molecule has 108 valence electrons. The van der Waals surface area contributed by atoms with Crippen LogP contribution in [0.3, 0.4) is 0 Å². The highest BCUT2D eigenvalue weighted by molar-refractivity contribution is 9.10. The van der Waals surface area contributed by atoms with E-state index in [1.807, 2.05) is 16.8 Å². The zero-order chi connectivity index (χ0) is 14.7. The first-order valence-corrected chi connectivity index (χ1v) is 8.41. The maximum Gasteiger partial charge on any atom is 0.268 e. The van der Waals surface area contributed by atoms with Gasteiger partial charge in [-0.3, -0.25) is 4.79 Å². The van der Waals surface area contributed by atoms with Gasteiger partial charge in [-0.05, 0) is 59.3 Å². The van der Waals surface area contributed by atoms with Crippen molar-refractivity contribution in [1.29, 1.82) is 0 Å². The van der Waals surface area contributed by atoms with Crippen molar-refractivity contribution in [2.24, 2.45) is 0 Å². The number of nitrogens with one attached hydrogen (secondary N) is 1. The molecule has 0 aliphatic carbocycles. The number of halogens is 1. The number of hydrogen-bond acceptors (Lipinski definition) is 2. The average molecular weight is 355 g/mol. The smallest absolute Gasteiger partial charge is 0.268 e. The highest BCUT2D eigenvalue weighted by atomic mass is 79.9. The molecule has 0 saturated carbocycles. The van der Waals surface area contributed by atoms with E-state index in [0.29, 0.717) is 12.2 Å². The first kappa shape index (κ1) is 15.3. The van der Waals surface area contributed by atoms with E-state index in [2.05, 4.69) is 53.5 Å². The molecule has 2 rings (SSSR count). The first-order valence-electron chi connectivity index (χ1n) is 6.73. The summed E-state index contributed by atoms with van der Waals surface area (Å²) in [4.78, 5) is 13.6. The molecule has 0 spiro atoms. The zero-order valence-electron chi connectivity index (χ0n) is 11.9. The van der Waals surface area contributed by atoms with Crippen LogP contribution in [0.1, 0.15) is 47.7 Å². The number of carbonyl (C=O) groups excluding carboxylic acids is 1. The second kappa shape index (κ2) is 6.59. The van der Waals surface area contributed by atoms with Gasteiger partial charge in [0.2, 0.25) is 0 Å². The quantitative estimate of drug-likeness (QED) is 0.848. The van der Waals surface area contributed by atoms with E-state index in [-0.39, 0.29) is 11.9 Å². The minimum absolute atomic E-state index is 0.0279. The predicted molar refractivity (Wildman–Crippen MR) is 87.4 cm³/mol. The number of rotatable bonds is 5. The number of aromatic nitrogens is 1. The maximum atomic E-state index is 12.3. The van der Waals surface area contributed by atoms with Gasteiger partial charge in [0.1, 0.15) is 5.69 Å².